The molecule has 3 aromatic rings. The average Bonchev–Trinajstić information content (AvgIpc) is 3.01. The van der Waals surface area contributed by atoms with E-state index in [-0.39, 0.29) is 5.82 Å². The van der Waals surface area contributed by atoms with Gasteiger partial charge in [0.05, 0.1) is 15.8 Å². The van der Waals surface area contributed by atoms with Crippen LogP contribution < -0.4 is 0 Å². The molecule has 1 aliphatic heterocycles. The van der Waals surface area contributed by atoms with Gasteiger partial charge in [0.25, 0.3) is 0 Å². The monoisotopic (exact) mass is 378 g/mol. The highest BCUT2D eigenvalue weighted by Gasteiger charge is 2.21. The number of hydrogen-bond donors (Lipinski definition) is 0. The van der Waals surface area contributed by atoms with Crippen LogP contribution in [0.1, 0.15) is 5.56 Å². The molecule has 0 saturated heterocycles. The Hall–Kier alpha value is -1.89. The van der Waals surface area contributed by atoms with Crippen molar-refractivity contribution in [1.82, 2.24) is 14.9 Å². The maximum absolute atomic E-state index is 13.1. The minimum Gasteiger partial charge on any atom is -0.207 e. The lowest BCUT2D eigenvalue weighted by molar-refractivity contribution is 0.628. The molecule has 0 amide bonds. The first kappa shape index (κ1) is 15.6. The van der Waals surface area contributed by atoms with Gasteiger partial charge in [-0.15, -0.1) is 10.2 Å². The molecule has 0 N–H and O–H groups in total. The Kier molecular flexibility index (Phi) is 4.04. The van der Waals surface area contributed by atoms with E-state index in [1.807, 2.05) is 6.07 Å². The Balaban J connectivity index is 1.78. The zero-order chi connectivity index (χ0) is 16.7. The van der Waals surface area contributed by atoms with Crippen molar-refractivity contribution in [3.8, 4) is 11.4 Å². The van der Waals surface area contributed by atoms with Gasteiger partial charge in [-0.2, -0.15) is 9.78 Å². The number of aromatic nitrogens is 3. The lowest BCUT2D eigenvalue weighted by Crippen LogP contribution is -2.13. The lowest BCUT2D eigenvalue weighted by atomic mass is 10.1. The zero-order valence-electron chi connectivity index (χ0n) is 12.1. The molecule has 0 saturated carbocycles. The average molecular weight is 379 g/mol. The minimum atomic E-state index is -0.300. The molecule has 0 atom stereocenters. The van der Waals surface area contributed by atoms with Crippen LogP contribution in [0.25, 0.3) is 11.4 Å². The fourth-order valence-corrected chi connectivity index (χ4v) is 3.46. The zero-order valence-corrected chi connectivity index (χ0v) is 14.4. The molecule has 120 valence electrons. The van der Waals surface area contributed by atoms with Crippen molar-refractivity contribution in [2.45, 2.75) is 5.16 Å². The highest BCUT2D eigenvalue weighted by molar-refractivity contribution is 7.99. The summed E-state index contributed by atoms with van der Waals surface area (Å²) >= 11 is 13.6. The van der Waals surface area contributed by atoms with Crippen molar-refractivity contribution in [1.29, 1.82) is 0 Å². The molecule has 0 bridgehead atoms. The molecule has 2 heterocycles. The molecule has 1 aromatic heterocycles. The first-order valence-electron chi connectivity index (χ1n) is 6.99. The Morgan fingerprint density at radius 2 is 1.71 bits per heavy atom. The summed E-state index contributed by atoms with van der Waals surface area (Å²) in [6, 6.07) is 11.5. The van der Waals surface area contributed by atoms with E-state index >= 15 is 0 Å². The number of rotatable bonds is 2. The number of thioether (sulfide) groups is 1. The third-order valence-electron chi connectivity index (χ3n) is 3.53. The fourth-order valence-electron chi connectivity index (χ4n) is 2.32. The summed E-state index contributed by atoms with van der Waals surface area (Å²) in [4.78, 5) is 0. The predicted octanol–water partition coefficient (Wildman–Crippen LogP) is 4.75. The molecule has 24 heavy (non-hydrogen) atoms. The van der Waals surface area contributed by atoms with Crippen LogP contribution in [-0.4, -0.2) is 26.3 Å². The van der Waals surface area contributed by atoms with Crippen molar-refractivity contribution >= 4 is 40.7 Å². The standard InChI is InChI=1S/C16H9Cl2FN4S/c17-12-6-3-10(7-13(12)18)14-8-24-16-21-20-15(23(16)22-14)9-1-4-11(19)5-2-9/h1-7H,8H2. The molecular formula is C16H9Cl2FN4S. The van der Waals surface area contributed by atoms with Crippen molar-refractivity contribution in [2.24, 2.45) is 5.10 Å². The maximum atomic E-state index is 13.1. The van der Waals surface area contributed by atoms with Gasteiger partial charge in [0.1, 0.15) is 5.82 Å². The highest BCUT2D eigenvalue weighted by Crippen LogP contribution is 2.30. The normalized spacial score (nSPS) is 13.5. The molecule has 0 radical (unpaired) electrons. The molecule has 4 nitrogen and oxygen atoms in total. The summed E-state index contributed by atoms with van der Waals surface area (Å²) in [5.74, 6) is 0.917. The summed E-state index contributed by atoms with van der Waals surface area (Å²) in [7, 11) is 0. The van der Waals surface area contributed by atoms with E-state index in [0.717, 1.165) is 16.8 Å². The van der Waals surface area contributed by atoms with Gasteiger partial charge in [-0.25, -0.2) is 4.39 Å². The van der Waals surface area contributed by atoms with Crippen LogP contribution in [0.4, 0.5) is 4.39 Å². The van der Waals surface area contributed by atoms with Gasteiger partial charge in [-0.1, -0.05) is 41.0 Å². The predicted molar refractivity (Wildman–Crippen MR) is 94.5 cm³/mol. The summed E-state index contributed by atoms with van der Waals surface area (Å²) in [5.41, 5.74) is 2.48. The Labute approximate surface area is 151 Å². The Morgan fingerprint density at radius 1 is 0.958 bits per heavy atom. The second-order valence-electron chi connectivity index (χ2n) is 5.09. The smallest absolute Gasteiger partial charge is 0.207 e. The largest absolute Gasteiger partial charge is 0.212 e. The molecule has 0 aliphatic carbocycles. The van der Waals surface area contributed by atoms with Crippen LogP contribution in [0.5, 0.6) is 0 Å². The lowest BCUT2D eigenvalue weighted by Gasteiger charge is -2.14. The quantitative estimate of drug-likeness (QED) is 0.646. The number of hydrogen-bond acceptors (Lipinski definition) is 4. The fraction of sp³-hybridized carbons (Fsp3) is 0.0625. The van der Waals surface area contributed by atoms with E-state index in [4.69, 9.17) is 23.2 Å². The third kappa shape index (κ3) is 2.81. The molecule has 4 rings (SSSR count). The van der Waals surface area contributed by atoms with E-state index < -0.39 is 0 Å². The topological polar surface area (TPSA) is 43.1 Å². The molecule has 0 spiro atoms. The van der Waals surface area contributed by atoms with Gasteiger partial charge < -0.3 is 0 Å². The van der Waals surface area contributed by atoms with Crippen molar-refractivity contribution in [3.05, 3.63) is 63.9 Å². The second kappa shape index (κ2) is 6.20. The van der Waals surface area contributed by atoms with Gasteiger partial charge in [0.15, 0.2) is 5.82 Å². The minimum absolute atomic E-state index is 0.300. The van der Waals surface area contributed by atoms with Crippen LogP contribution in [0, 0.1) is 5.82 Å². The van der Waals surface area contributed by atoms with E-state index in [1.54, 1.807) is 28.9 Å². The van der Waals surface area contributed by atoms with E-state index in [0.29, 0.717) is 26.8 Å². The Morgan fingerprint density at radius 3 is 2.46 bits per heavy atom. The van der Waals surface area contributed by atoms with E-state index in [9.17, 15) is 4.39 Å². The van der Waals surface area contributed by atoms with Gasteiger partial charge in [0, 0.05) is 16.9 Å². The first-order chi connectivity index (χ1) is 11.6. The van der Waals surface area contributed by atoms with Gasteiger partial charge >= 0.3 is 0 Å². The van der Waals surface area contributed by atoms with Crippen molar-refractivity contribution in [3.63, 3.8) is 0 Å². The molecule has 2 aromatic carbocycles. The summed E-state index contributed by atoms with van der Waals surface area (Å²) in [6.45, 7) is 0. The van der Waals surface area contributed by atoms with E-state index in [2.05, 4.69) is 15.3 Å². The third-order valence-corrected chi connectivity index (χ3v) is 5.20. The second-order valence-corrected chi connectivity index (χ2v) is 6.85. The summed E-state index contributed by atoms with van der Waals surface area (Å²) in [6.07, 6.45) is 0. The number of halogens is 3. The van der Waals surface area contributed by atoms with Gasteiger partial charge in [-0.3, -0.25) is 0 Å². The van der Waals surface area contributed by atoms with Crippen LogP contribution in [0.2, 0.25) is 10.0 Å². The number of fused-ring (bicyclic) bond motifs is 1. The highest BCUT2D eigenvalue weighted by atomic mass is 35.5. The summed E-state index contributed by atoms with van der Waals surface area (Å²) < 4.78 is 14.8. The van der Waals surface area contributed by atoms with Crippen molar-refractivity contribution in [2.75, 3.05) is 5.75 Å². The van der Waals surface area contributed by atoms with Crippen molar-refractivity contribution < 1.29 is 4.39 Å². The molecular weight excluding hydrogens is 370 g/mol. The first-order valence-corrected chi connectivity index (χ1v) is 8.73. The van der Waals surface area contributed by atoms with Crippen LogP contribution in [0.15, 0.2) is 52.7 Å². The molecule has 8 heteroatoms. The molecule has 0 fully saturated rings. The van der Waals surface area contributed by atoms with Crippen LogP contribution in [0.3, 0.4) is 0 Å². The Bertz CT molecular complexity index is 953. The van der Waals surface area contributed by atoms with Gasteiger partial charge in [0.2, 0.25) is 5.16 Å². The SMILES string of the molecule is Fc1ccc(-c2nnc3n2N=C(c2ccc(Cl)c(Cl)c2)CS3)cc1. The van der Waals surface area contributed by atoms with E-state index in [1.165, 1.54) is 23.9 Å². The number of nitrogens with zero attached hydrogens (tertiary/aromatic N) is 4. The molecule has 1 aliphatic rings. The summed E-state index contributed by atoms with van der Waals surface area (Å²) in [5, 5.41) is 14.6. The van der Waals surface area contributed by atoms with Crippen LogP contribution >= 0.6 is 35.0 Å². The number of benzene rings is 2. The van der Waals surface area contributed by atoms with Crippen LogP contribution in [-0.2, 0) is 0 Å². The molecule has 0 unspecified atom stereocenters. The van der Waals surface area contributed by atoms with Gasteiger partial charge in [-0.05, 0) is 36.4 Å². The maximum Gasteiger partial charge on any atom is 0.212 e.